The molecule has 2 N–H and O–H groups in total. The molecular weight excluding hydrogens is 474 g/mol. The zero-order valence-electron chi connectivity index (χ0n) is 20.8. The van der Waals surface area contributed by atoms with Crippen molar-refractivity contribution in [3.05, 3.63) is 64.3 Å². The Hall–Kier alpha value is -2.54. The molecule has 1 saturated carbocycles. The van der Waals surface area contributed by atoms with Crippen LogP contribution < -0.4 is 4.74 Å². The van der Waals surface area contributed by atoms with Crippen LogP contribution in [0.2, 0.25) is 5.02 Å². The molecular formula is C29H34ClN3O3. The lowest BCUT2D eigenvalue weighted by Crippen LogP contribution is -2.55. The second-order valence-electron chi connectivity index (χ2n) is 10.8. The number of rotatable bonds is 5. The van der Waals surface area contributed by atoms with Crippen molar-refractivity contribution in [3.63, 3.8) is 0 Å². The van der Waals surface area contributed by atoms with E-state index in [0.717, 1.165) is 72.9 Å². The van der Waals surface area contributed by atoms with E-state index in [2.05, 4.69) is 26.9 Å². The van der Waals surface area contributed by atoms with Gasteiger partial charge in [0.15, 0.2) is 0 Å². The molecule has 0 radical (unpaired) electrons. The van der Waals surface area contributed by atoms with E-state index in [-0.39, 0.29) is 24.0 Å². The molecule has 6 nitrogen and oxygen atoms in total. The first-order valence-corrected chi connectivity index (χ1v) is 13.5. The molecule has 0 unspecified atom stereocenters. The van der Waals surface area contributed by atoms with Gasteiger partial charge in [-0.2, -0.15) is 0 Å². The van der Waals surface area contributed by atoms with E-state index in [9.17, 15) is 9.90 Å². The first kappa shape index (κ1) is 23.8. The summed E-state index contributed by atoms with van der Waals surface area (Å²) in [6.07, 6.45) is 5.08. The van der Waals surface area contributed by atoms with E-state index in [1.54, 1.807) is 7.11 Å². The Morgan fingerprint density at radius 2 is 1.97 bits per heavy atom. The van der Waals surface area contributed by atoms with Crippen molar-refractivity contribution in [2.24, 2.45) is 5.92 Å². The molecule has 36 heavy (non-hydrogen) atoms. The number of aromatic nitrogens is 1. The monoisotopic (exact) mass is 507 g/mol. The molecule has 3 heterocycles. The molecule has 1 amide bonds. The summed E-state index contributed by atoms with van der Waals surface area (Å²) in [7, 11) is 1.68. The Kier molecular flexibility index (Phi) is 6.22. The molecule has 1 aliphatic carbocycles. The number of carbonyl (C=O) groups is 1. The van der Waals surface area contributed by atoms with Crippen LogP contribution in [0.1, 0.15) is 55.0 Å². The smallest absolute Gasteiger partial charge is 0.225 e. The molecule has 7 heteroatoms. The maximum atomic E-state index is 13.0. The minimum atomic E-state index is -0.157. The van der Waals surface area contributed by atoms with Crippen LogP contribution in [-0.4, -0.2) is 59.1 Å². The zero-order chi connectivity index (χ0) is 24.9. The summed E-state index contributed by atoms with van der Waals surface area (Å²) < 4.78 is 5.50. The van der Waals surface area contributed by atoms with Gasteiger partial charge in [0.2, 0.25) is 5.91 Å². The van der Waals surface area contributed by atoms with Gasteiger partial charge in [-0.3, -0.25) is 9.69 Å². The van der Waals surface area contributed by atoms with Crippen molar-refractivity contribution in [2.45, 2.75) is 50.1 Å². The minimum Gasteiger partial charge on any atom is -0.497 e. The highest BCUT2D eigenvalue weighted by Gasteiger charge is 2.48. The van der Waals surface area contributed by atoms with Gasteiger partial charge in [0.05, 0.1) is 19.8 Å². The predicted molar refractivity (Wildman–Crippen MR) is 141 cm³/mol. The summed E-state index contributed by atoms with van der Waals surface area (Å²) in [5.41, 5.74) is 4.38. The van der Waals surface area contributed by atoms with Crippen molar-refractivity contribution < 1.29 is 14.6 Å². The van der Waals surface area contributed by atoms with Crippen LogP contribution in [0.3, 0.4) is 0 Å². The number of hydrogen-bond donors (Lipinski definition) is 2. The topological polar surface area (TPSA) is 68.8 Å². The molecule has 0 bridgehead atoms. The fraction of sp³-hybridized carbons (Fsp3) is 0.483. The molecule has 1 aromatic heterocycles. The molecule has 2 aromatic carbocycles. The number of likely N-dealkylation sites (tertiary alicyclic amines) is 1. The van der Waals surface area contributed by atoms with Gasteiger partial charge in [0, 0.05) is 65.2 Å². The van der Waals surface area contributed by atoms with E-state index in [0.29, 0.717) is 12.5 Å². The number of aliphatic hydroxyl groups is 1. The van der Waals surface area contributed by atoms with Crippen LogP contribution in [0.4, 0.5) is 0 Å². The van der Waals surface area contributed by atoms with Crippen LogP contribution in [0.25, 0.3) is 10.9 Å². The number of methoxy groups -OCH3 is 1. The predicted octanol–water partition coefficient (Wildman–Crippen LogP) is 5.04. The number of piperidine rings is 1. The number of halogens is 1. The lowest BCUT2D eigenvalue weighted by molar-refractivity contribution is -0.140. The third-order valence-corrected chi connectivity index (χ3v) is 9.20. The van der Waals surface area contributed by atoms with Crippen LogP contribution in [0, 0.1) is 5.92 Å². The van der Waals surface area contributed by atoms with E-state index < -0.39 is 0 Å². The Bertz CT molecular complexity index is 1280. The first-order valence-electron chi connectivity index (χ1n) is 13.1. The number of benzene rings is 2. The Labute approximate surface area is 217 Å². The molecule has 6 rings (SSSR count). The lowest BCUT2D eigenvalue weighted by atomic mass is 9.68. The summed E-state index contributed by atoms with van der Waals surface area (Å²) in [5, 5.41) is 12.5. The quantitative estimate of drug-likeness (QED) is 0.507. The number of hydrogen-bond acceptors (Lipinski definition) is 4. The number of H-pyrrole nitrogens is 1. The number of aliphatic hydroxyl groups excluding tert-OH is 1. The highest BCUT2D eigenvalue weighted by atomic mass is 35.5. The third kappa shape index (κ3) is 3.90. The van der Waals surface area contributed by atoms with Gasteiger partial charge < -0.3 is 19.7 Å². The largest absolute Gasteiger partial charge is 0.497 e. The number of ether oxygens (including phenoxy) is 1. The Balaban J connectivity index is 1.40. The highest BCUT2D eigenvalue weighted by molar-refractivity contribution is 6.31. The van der Waals surface area contributed by atoms with Crippen LogP contribution in [-0.2, 0) is 16.8 Å². The van der Waals surface area contributed by atoms with Crippen molar-refractivity contribution >= 4 is 28.4 Å². The van der Waals surface area contributed by atoms with Crippen molar-refractivity contribution in [1.29, 1.82) is 0 Å². The summed E-state index contributed by atoms with van der Waals surface area (Å²) in [5.74, 6) is 1.39. The van der Waals surface area contributed by atoms with Gasteiger partial charge in [-0.25, -0.2) is 0 Å². The second-order valence-corrected chi connectivity index (χ2v) is 11.2. The number of nitrogens with zero attached hydrogens (tertiary/aromatic N) is 2. The molecule has 2 aliphatic heterocycles. The standard InChI is InChI=1S/C29H34ClN3O3/c1-36-21-9-10-22-24(15-21)31-27-25(17-34)33(16-20-5-2-3-8-23(20)30)18-29(26(22)27)11-13-32(14-12-29)28(35)19-6-4-7-19/h2-3,5,8-10,15,19,25,31,34H,4,6-7,11-14,16-18H2,1H3/t25-/m1/s1. The van der Waals surface area contributed by atoms with Crippen molar-refractivity contribution in [3.8, 4) is 5.75 Å². The summed E-state index contributed by atoms with van der Waals surface area (Å²) in [6.45, 7) is 3.06. The van der Waals surface area contributed by atoms with Crippen molar-refractivity contribution in [2.75, 3.05) is 33.4 Å². The number of amides is 1. The van der Waals surface area contributed by atoms with E-state index in [4.69, 9.17) is 16.3 Å². The third-order valence-electron chi connectivity index (χ3n) is 8.84. The van der Waals surface area contributed by atoms with Gasteiger partial charge in [-0.1, -0.05) is 36.2 Å². The highest BCUT2D eigenvalue weighted by Crippen LogP contribution is 2.50. The molecule has 190 valence electrons. The minimum absolute atomic E-state index is 0.0176. The zero-order valence-corrected chi connectivity index (χ0v) is 21.6. The second kappa shape index (κ2) is 9.40. The molecule has 1 atom stereocenters. The van der Waals surface area contributed by atoms with E-state index in [1.807, 2.05) is 30.3 Å². The number of carbonyl (C=O) groups excluding carboxylic acids is 1. The summed E-state index contributed by atoms with van der Waals surface area (Å²) in [4.78, 5) is 21.2. The van der Waals surface area contributed by atoms with Crippen LogP contribution in [0.5, 0.6) is 5.75 Å². The molecule has 2 fully saturated rings. The van der Waals surface area contributed by atoms with Gasteiger partial charge >= 0.3 is 0 Å². The van der Waals surface area contributed by atoms with Gasteiger partial charge in [0.1, 0.15) is 5.75 Å². The van der Waals surface area contributed by atoms with Crippen molar-refractivity contribution in [1.82, 2.24) is 14.8 Å². The molecule has 1 spiro atoms. The molecule has 3 aliphatic rings. The maximum absolute atomic E-state index is 13.0. The summed E-state index contributed by atoms with van der Waals surface area (Å²) in [6, 6.07) is 14.0. The SMILES string of the molecule is COc1ccc2c3c([nH]c2c1)[C@@H](CO)N(Cc1ccccc1Cl)CC31CCN(C(=O)C2CCC2)CC1. The number of fused-ring (bicyclic) bond motifs is 4. The maximum Gasteiger partial charge on any atom is 0.225 e. The molecule has 1 saturated heterocycles. The van der Waals surface area contributed by atoms with Gasteiger partial charge in [-0.15, -0.1) is 0 Å². The van der Waals surface area contributed by atoms with Crippen LogP contribution >= 0.6 is 11.6 Å². The summed E-state index contributed by atoms with van der Waals surface area (Å²) >= 11 is 6.56. The lowest BCUT2D eigenvalue weighted by Gasteiger charge is -2.51. The number of aromatic amines is 1. The van der Waals surface area contributed by atoms with Gasteiger partial charge in [-0.05, 0) is 55.0 Å². The first-order chi connectivity index (χ1) is 17.5. The fourth-order valence-electron chi connectivity index (χ4n) is 6.60. The average Bonchev–Trinajstić information content (AvgIpc) is 3.24. The van der Waals surface area contributed by atoms with Crippen LogP contribution in [0.15, 0.2) is 42.5 Å². The Morgan fingerprint density at radius 1 is 1.19 bits per heavy atom. The Morgan fingerprint density at radius 3 is 2.64 bits per heavy atom. The number of nitrogens with one attached hydrogen (secondary N) is 1. The van der Waals surface area contributed by atoms with E-state index in [1.165, 1.54) is 17.4 Å². The average molecular weight is 508 g/mol. The van der Waals surface area contributed by atoms with Gasteiger partial charge in [0.25, 0.3) is 0 Å². The van der Waals surface area contributed by atoms with E-state index >= 15 is 0 Å². The fourth-order valence-corrected chi connectivity index (χ4v) is 6.80. The molecule has 3 aromatic rings. The normalized spacial score (nSPS) is 22.0.